The summed E-state index contributed by atoms with van der Waals surface area (Å²) in [5, 5.41) is 3.20. The average Bonchev–Trinajstić information content (AvgIpc) is 2.42. The zero-order valence-electron chi connectivity index (χ0n) is 10.3. The van der Waals surface area contributed by atoms with Crippen LogP contribution in [0.4, 0.5) is 11.4 Å². The lowest BCUT2D eigenvalue weighted by Gasteiger charge is -2.11. The molecule has 98 valence electrons. The highest BCUT2D eigenvalue weighted by Crippen LogP contribution is 2.25. The Hall–Kier alpha value is -2.20. The number of hydrogen-bond donors (Lipinski definition) is 2. The number of amides is 1. The largest absolute Gasteiger partial charge is 0.495 e. The van der Waals surface area contributed by atoms with Crippen LogP contribution in [0.5, 0.6) is 5.75 Å². The van der Waals surface area contributed by atoms with Gasteiger partial charge >= 0.3 is 0 Å². The summed E-state index contributed by atoms with van der Waals surface area (Å²) in [6.07, 6.45) is 0. The van der Waals surface area contributed by atoms with E-state index in [1.807, 2.05) is 6.07 Å². The van der Waals surface area contributed by atoms with Gasteiger partial charge in [-0.05, 0) is 30.3 Å². The fraction of sp³-hybridized carbons (Fsp3) is 0.0714. The number of benzene rings is 2. The van der Waals surface area contributed by atoms with Gasteiger partial charge in [0.2, 0.25) is 0 Å². The van der Waals surface area contributed by atoms with Crippen LogP contribution in [-0.4, -0.2) is 13.0 Å². The summed E-state index contributed by atoms with van der Waals surface area (Å²) in [5.41, 5.74) is 7.05. The monoisotopic (exact) mass is 276 g/mol. The van der Waals surface area contributed by atoms with Gasteiger partial charge in [0.15, 0.2) is 0 Å². The third-order valence-corrected chi connectivity index (χ3v) is 2.85. The van der Waals surface area contributed by atoms with E-state index in [9.17, 15) is 4.79 Å². The van der Waals surface area contributed by atoms with Gasteiger partial charge < -0.3 is 15.8 Å². The van der Waals surface area contributed by atoms with Crippen LogP contribution >= 0.6 is 11.6 Å². The quantitative estimate of drug-likeness (QED) is 0.846. The van der Waals surface area contributed by atoms with E-state index in [4.69, 9.17) is 22.1 Å². The second-order valence-corrected chi connectivity index (χ2v) is 4.32. The van der Waals surface area contributed by atoms with E-state index >= 15 is 0 Å². The lowest BCUT2D eigenvalue weighted by Crippen LogP contribution is -2.14. The maximum atomic E-state index is 12.1. The third-order valence-electron chi connectivity index (χ3n) is 2.62. The number of anilines is 2. The van der Waals surface area contributed by atoms with Crippen LogP contribution in [0.1, 0.15) is 10.4 Å². The van der Waals surface area contributed by atoms with Crippen molar-refractivity contribution < 1.29 is 9.53 Å². The van der Waals surface area contributed by atoms with E-state index < -0.39 is 0 Å². The molecule has 2 aromatic carbocycles. The Morgan fingerprint density at radius 3 is 2.74 bits per heavy atom. The standard InChI is InChI=1S/C14H13ClN2O2/c1-19-13-5-3-2-4-12(13)17-14(18)10-8-9(15)6-7-11(10)16/h2-8H,16H2,1H3,(H,17,18). The number of rotatable bonds is 3. The van der Waals surface area contributed by atoms with Crippen LogP contribution < -0.4 is 15.8 Å². The lowest BCUT2D eigenvalue weighted by molar-refractivity contribution is 0.102. The fourth-order valence-electron chi connectivity index (χ4n) is 1.66. The van der Waals surface area contributed by atoms with Crippen molar-refractivity contribution in [3.05, 3.63) is 53.1 Å². The molecule has 0 atom stereocenters. The molecular weight excluding hydrogens is 264 g/mol. The highest BCUT2D eigenvalue weighted by atomic mass is 35.5. The molecule has 0 spiro atoms. The van der Waals surface area contributed by atoms with Crippen LogP contribution in [0.15, 0.2) is 42.5 Å². The molecule has 4 nitrogen and oxygen atoms in total. The molecule has 0 bridgehead atoms. The first kappa shape index (κ1) is 13.2. The minimum absolute atomic E-state index is 0.329. The molecule has 0 aliphatic heterocycles. The van der Waals surface area contributed by atoms with E-state index in [0.717, 1.165) is 0 Å². The van der Waals surface area contributed by atoms with Crippen LogP contribution in [0, 0.1) is 0 Å². The molecule has 0 radical (unpaired) electrons. The number of halogens is 1. The topological polar surface area (TPSA) is 64.3 Å². The molecule has 0 aliphatic rings. The molecule has 0 heterocycles. The van der Waals surface area contributed by atoms with Gasteiger partial charge in [0, 0.05) is 10.7 Å². The zero-order valence-corrected chi connectivity index (χ0v) is 11.1. The normalized spacial score (nSPS) is 10.0. The summed E-state index contributed by atoms with van der Waals surface area (Å²) in [7, 11) is 1.54. The summed E-state index contributed by atoms with van der Waals surface area (Å²) in [6, 6.07) is 11.9. The van der Waals surface area contributed by atoms with Gasteiger partial charge in [0.25, 0.3) is 5.91 Å². The highest BCUT2D eigenvalue weighted by molar-refractivity contribution is 6.31. The van der Waals surface area contributed by atoms with Crippen molar-refractivity contribution >= 4 is 28.9 Å². The van der Waals surface area contributed by atoms with Crippen molar-refractivity contribution in [2.24, 2.45) is 0 Å². The Labute approximate surface area is 116 Å². The Bertz CT molecular complexity index is 614. The SMILES string of the molecule is COc1ccccc1NC(=O)c1cc(Cl)ccc1N. The second-order valence-electron chi connectivity index (χ2n) is 3.89. The molecule has 3 N–H and O–H groups in total. The number of nitrogen functional groups attached to an aromatic ring is 1. The van der Waals surface area contributed by atoms with Crippen molar-refractivity contribution in [1.29, 1.82) is 0 Å². The molecule has 2 rings (SSSR count). The molecule has 0 aromatic heterocycles. The van der Waals surface area contributed by atoms with Gasteiger partial charge in [-0.3, -0.25) is 4.79 Å². The van der Waals surface area contributed by atoms with Crippen molar-refractivity contribution in [3.8, 4) is 5.75 Å². The van der Waals surface area contributed by atoms with E-state index in [1.54, 1.807) is 37.4 Å². The van der Waals surface area contributed by atoms with Crippen molar-refractivity contribution in [1.82, 2.24) is 0 Å². The highest BCUT2D eigenvalue weighted by Gasteiger charge is 2.12. The average molecular weight is 277 g/mol. The number of carbonyl (C=O) groups excluding carboxylic acids is 1. The molecule has 0 unspecified atom stereocenters. The zero-order chi connectivity index (χ0) is 13.8. The summed E-state index contributed by atoms with van der Waals surface area (Å²) in [4.78, 5) is 12.1. The van der Waals surface area contributed by atoms with E-state index in [1.165, 1.54) is 6.07 Å². The Balaban J connectivity index is 2.28. The molecule has 0 aliphatic carbocycles. The summed E-state index contributed by atoms with van der Waals surface area (Å²) >= 11 is 5.86. The second kappa shape index (κ2) is 5.63. The first-order chi connectivity index (χ1) is 9.11. The maximum absolute atomic E-state index is 12.1. The molecular formula is C14H13ClN2O2. The fourth-order valence-corrected chi connectivity index (χ4v) is 1.83. The van der Waals surface area contributed by atoms with Crippen LogP contribution in [-0.2, 0) is 0 Å². The lowest BCUT2D eigenvalue weighted by atomic mass is 10.1. The smallest absolute Gasteiger partial charge is 0.257 e. The number of para-hydroxylation sites is 2. The number of nitrogens with one attached hydrogen (secondary N) is 1. The van der Waals surface area contributed by atoms with Crippen LogP contribution in [0.3, 0.4) is 0 Å². The molecule has 0 saturated carbocycles. The number of ether oxygens (including phenoxy) is 1. The third kappa shape index (κ3) is 2.98. The predicted octanol–water partition coefficient (Wildman–Crippen LogP) is 3.18. The van der Waals surface area contributed by atoms with Crippen molar-refractivity contribution in [3.63, 3.8) is 0 Å². The van der Waals surface area contributed by atoms with Gasteiger partial charge in [-0.25, -0.2) is 0 Å². The number of methoxy groups -OCH3 is 1. The Morgan fingerprint density at radius 1 is 1.26 bits per heavy atom. The van der Waals surface area contributed by atoms with Gasteiger partial charge in [0.05, 0.1) is 18.4 Å². The molecule has 5 heteroatoms. The van der Waals surface area contributed by atoms with Gasteiger partial charge in [-0.1, -0.05) is 23.7 Å². The van der Waals surface area contributed by atoms with E-state index in [0.29, 0.717) is 27.7 Å². The maximum Gasteiger partial charge on any atom is 0.257 e. The van der Waals surface area contributed by atoms with E-state index in [-0.39, 0.29) is 5.91 Å². The predicted molar refractivity (Wildman–Crippen MR) is 76.8 cm³/mol. The molecule has 1 amide bonds. The van der Waals surface area contributed by atoms with Crippen molar-refractivity contribution in [2.75, 3.05) is 18.2 Å². The number of carbonyl (C=O) groups is 1. The summed E-state index contributed by atoms with van der Waals surface area (Å²) < 4.78 is 5.16. The Kier molecular flexibility index (Phi) is 3.92. The minimum Gasteiger partial charge on any atom is -0.495 e. The van der Waals surface area contributed by atoms with Crippen molar-refractivity contribution in [2.45, 2.75) is 0 Å². The van der Waals surface area contributed by atoms with Gasteiger partial charge in [-0.2, -0.15) is 0 Å². The van der Waals surface area contributed by atoms with Gasteiger partial charge in [0.1, 0.15) is 5.75 Å². The first-order valence-electron chi connectivity index (χ1n) is 5.61. The van der Waals surface area contributed by atoms with Crippen LogP contribution in [0.2, 0.25) is 5.02 Å². The first-order valence-corrected chi connectivity index (χ1v) is 5.99. The molecule has 2 aromatic rings. The van der Waals surface area contributed by atoms with Crippen LogP contribution in [0.25, 0.3) is 0 Å². The minimum atomic E-state index is -0.329. The summed E-state index contributed by atoms with van der Waals surface area (Å²) in [6.45, 7) is 0. The molecule has 19 heavy (non-hydrogen) atoms. The number of hydrogen-bond acceptors (Lipinski definition) is 3. The van der Waals surface area contributed by atoms with Gasteiger partial charge in [-0.15, -0.1) is 0 Å². The summed E-state index contributed by atoms with van der Waals surface area (Å²) in [5.74, 6) is 0.251. The molecule has 0 fully saturated rings. The van der Waals surface area contributed by atoms with E-state index in [2.05, 4.69) is 5.32 Å². The molecule has 0 saturated heterocycles. The number of nitrogens with two attached hydrogens (primary N) is 1. The Morgan fingerprint density at radius 2 is 2.00 bits per heavy atom.